The molecule has 1 fully saturated rings. The van der Waals surface area contributed by atoms with E-state index < -0.39 is 11.3 Å². The third-order valence-electron chi connectivity index (χ3n) is 4.59. The van der Waals surface area contributed by atoms with Gasteiger partial charge >= 0.3 is 0 Å². The van der Waals surface area contributed by atoms with Gasteiger partial charge < -0.3 is 5.73 Å². The second kappa shape index (κ2) is 4.52. The molecule has 1 aromatic heterocycles. The first-order valence-corrected chi connectivity index (χ1v) is 6.98. The molecule has 2 N–H and O–H groups in total. The smallest absolute Gasteiger partial charge is 0.248 e. The normalized spacial score (nSPS) is 21.2. The Hall–Kier alpha value is -1.49. The molecule has 3 nitrogen and oxygen atoms in total. The predicted molar refractivity (Wildman–Crippen MR) is 74.9 cm³/mol. The van der Waals surface area contributed by atoms with Crippen LogP contribution in [0.25, 0.3) is 10.9 Å². The van der Waals surface area contributed by atoms with Crippen molar-refractivity contribution in [1.82, 2.24) is 9.78 Å². The Morgan fingerprint density at radius 2 is 1.85 bits per heavy atom. The molecule has 0 aliphatic heterocycles. The third-order valence-corrected chi connectivity index (χ3v) is 4.59. The molecule has 0 unspecified atom stereocenters. The first kappa shape index (κ1) is 13.5. The Bertz CT molecular complexity index is 623. The molecule has 0 spiro atoms. The number of aromatic nitrogens is 2. The zero-order chi connectivity index (χ0) is 14.4. The first-order chi connectivity index (χ1) is 9.47. The van der Waals surface area contributed by atoms with E-state index >= 15 is 0 Å². The number of nitrogens with zero attached hydrogens (tertiary/aromatic N) is 2. The number of hydrogen-bond donors (Lipinski definition) is 1. The van der Waals surface area contributed by atoms with E-state index in [0.717, 1.165) is 16.6 Å². The quantitative estimate of drug-likeness (QED) is 0.918. The zero-order valence-corrected chi connectivity index (χ0v) is 11.6. The lowest BCUT2D eigenvalue weighted by Gasteiger charge is -2.38. The molecule has 20 heavy (non-hydrogen) atoms. The van der Waals surface area contributed by atoms with Crippen molar-refractivity contribution in [3.05, 3.63) is 30.0 Å². The minimum atomic E-state index is -2.55. The fourth-order valence-corrected chi connectivity index (χ4v) is 3.24. The van der Waals surface area contributed by atoms with Crippen molar-refractivity contribution in [3.63, 3.8) is 0 Å². The average molecular weight is 279 g/mol. The highest BCUT2D eigenvalue weighted by Crippen LogP contribution is 2.46. The molecule has 0 amide bonds. The molecule has 1 aromatic carbocycles. The summed E-state index contributed by atoms with van der Waals surface area (Å²) < 4.78 is 28.7. The van der Waals surface area contributed by atoms with Crippen LogP contribution in [0.5, 0.6) is 0 Å². The highest BCUT2D eigenvalue weighted by molar-refractivity contribution is 5.83. The molecule has 2 aromatic rings. The molecule has 0 saturated heterocycles. The zero-order valence-electron chi connectivity index (χ0n) is 11.6. The molecule has 108 valence electrons. The number of para-hydroxylation sites is 1. The minimum absolute atomic E-state index is 0.102. The van der Waals surface area contributed by atoms with Crippen LogP contribution in [0.3, 0.4) is 0 Å². The van der Waals surface area contributed by atoms with Crippen LogP contribution in [0.2, 0.25) is 0 Å². The lowest BCUT2D eigenvalue weighted by atomic mass is 9.70. The van der Waals surface area contributed by atoms with Crippen LogP contribution in [0.15, 0.2) is 24.3 Å². The number of aryl methyl sites for hydroxylation is 1. The minimum Gasteiger partial charge on any atom is -0.330 e. The van der Waals surface area contributed by atoms with E-state index in [1.807, 2.05) is 36.0 Å². The monoisotopic (exact) mass is 279 g/mol. The molecule has 1 heterocycles. The highest BCUT2D eigenvalue weighted by atomic mass is 19.3. The van der Waals surface area contributed by atoms with Gasteiger partial charge in [-0.05, 0) is 18.9 Å². The van der Waals surface area contributed by atoms with Crippen molar-refractivity contribution < 1.29 is 8.78 Å². The van der Waals surface area contributed by atoms with Gasteiger partial charge in [-0.15, -0.1) is 0 Å². The van der Waals surface area contributed by atoms with Gasteiger partial charge in [0.15, 0.2) is 0 Å². The summed E-state index contributed by atoms with van der Waals surface area (Å²) in [4.78, 5) is 0. The van der Waals surface area contributed by atoms with E-state index in [4.69, 9.17) is 5.73 Å². The maximum atomic E-state index is 13.5. The summed E-state index contributed by atoms with van der Waals surface area (Å²) >= 11 is 0. The van der Waals surface area contributed by atoms with Gasteiger partial charge in [0.1, 0.15) is 0 Å². The van der Waals surface area contributed by atoms with Gasteiger partial charge in [0.2, 0.25) is 5.92 Å². The summed E-state index contributed by atoms with van der Waals surface area (Å²) in [5.74, 6) is -2.55. The topological polar surface area (TPSA) is 43.8 Å². The van der Waals surface area contributed by atoms with Crippen LogP contribution in [0.4, 0.5) is 8.78 Å². The van der Waals surface area contributed by atoms with Crippen molar-refractivity contribution in [2.45, 2.75) is 37.0 Å². The van der Waals surface area contributed by atoms with Crippen LogP contribution in [0.1, 0.15) is 31.4 Å². The number of hydrogen-bond acceptors (Lipinski definition) is 2. The first-order valence-electron chi connectivity index (χ1n) is 6.98. The van der Waals surface area contributed by atoms with E-state index in [-0.39, 0.29) is 12.8 Å². The van der Waals surface area contributed by atoms with Crippen LogP contribution < -0.4 is 5.73 Å². The summed E-state index contributed by atoms with van der Waals surface area (Å²) in [6.07, 6.45) is 0.596. The summed E-state index contributed by atoms with van der Waals surface area (Å²) in [7, 11) is 1.88. The average Bonchev–Trinajstić information content (AvgIpc) is 2.78. The molecular formula is C15H19F2N3. The van der Waals surface area contributed by atoms with Gasteiger partial charge in [-0.3, -0.25) is 4.68 Å². The SMILES string of the molecule is Cn1nc(C2(CN)CCC(F)(F)CC2)c2ccccc21. The Balaban J connectivity index is 2.09. The number of benzene rings is 1. The van der Waals surface area contributed by atoms with Crippen molar-refractivity contribution in [2.24, 2.45) is 12.8 Å². The number of nitrogens with two attached hydrogens (primary N) is 1. The molecule has 1 aliphatic rings. The van der Waals surface area contributed by atoms with E-state index in [1.165, 1.54) is 0 Å². The van der Waals surface area contributed by atoms with Gasteiger partial charge in [-0.2, -0.15) is 5.10 Å². The van der Waals surface area contributed by atoms with Crippen LogP contribution in [0, 0.1) is 0 Å². The molecule has 0 atom stereocenters. The third kappa shape index (κ3) is 2.00. The van der Waals surface area contributed by atoms with Gasteiger partial charge in [-0.1, -0.05) is 18.2 Å². The second-order valence-electron chi connectivity index (χ2n) is 5.83. The maximum absolute atomic E-state index is 13.5. The molecule has 5 heteroatoms. The van der Waals surface area contributed by atoms with Gasteiger partial charge in [0.25, 0.3) is 0 Å². The number of alkyl halides is 2. The largest absolute Gasteiger partial charge is 0.330 e. The number of fused-ring (bicyclic) bond motifs is 1. The summed E-state index contributed by atoms with van der Waals surface area (Å²) in [6, 6.07) is 7.91. The van der Waals surface area contributed by atoms with Gasteiger partial charge in [0.05, 0.1) is 11.2 Å². The maximum Gasteiger partial charge on any atom is 0.248 e. The van der Waals surface area contributed by atoms with Crippen molar-refractivity contribution >= 4 is 10.9 Å². The van der Waals surface area contributed by atoms with Gasteiger partial charge in [0, 0.05) is 37.2 Å². The lowest BCUT2D eigenvalue weighted by molar-refractivity contribution is -0.0513. The van der Waals surface area contributed by atoms with E-state index in [9.17, 15) is 8.78 Å². The Morgan fingerprint density at radius 3 is 2.50 bits per heavy atom. The molecule has 3 rings (SSSR count). The molecule has 0 radical (unpaired) electrons. The second-order valence-corrected chi connectivity index (χ2v) is 5.83. The van der Waals surface area contributed by atoms with Crippen LogP contribution >= 0.6 is 0 Å². The fraction of sp³-hybridized carbons (Fsp3) is 0.533. The number of halogens is 2. The molecular weight excluding hydrogens is 260 g/mol. The van der Waals surface area contributed by atoms with Gasteiger partial charge in [-0.25, -0.2) is 8.78 Å². The Labute approximate surface area is 116 Å². The Kier molecular flexibility index (Phi) is 3.05. The summed E-state index contributed by atoms with van der Waals surface area (Å²) in [6.45, 7) is 0.365. The van der Waals surface area contributed by atoms with E-state index in [0.29, 0.717) is 19.4 Å². The van der Waals surface area contributed by atoms with E-state index in [1.54, 1.807) is 0 Å². The molecule has 1 saturated carbocycles. The van der Waals surface area contributed by atoms with E-state index in [2.05, 4.69) is 5.10 Å². The lowest BCUT2D eigenvalue weighted by Crippen LogP contribution is -2.42. The standard InChI is InChI=1S/C15H19F2N3/c1-20-12-5-3-2-4-11(12)13(19-20)14(10-18)6-8-15(16,17)9-7-14/h2-5H,6-10,18H2,1H3. The van der Waals surface area contributed by atoms with Crippen molar-refractivity contribution in [3.8, 4) is 0 Å². The van der Waals surface area contributed by atoms with Crippen LogP contribution in [-0.4, -0.2) is 22.2 Å². The number of rotatable bonds is 2. The van der Waals surface area contributed by atoms with Crippen molar-refractivity contribution in [2.75, 3.05) is 6.54 Å². The predicted octanol–water partition coefficient (Wildman–Crippen LogP) is 2.98. The van der Waals surface area contributed by atoms with Crippen molar-refractivity contribution in [1.29, 1.82) is 0 Å². The summed E-state index contributed by atoms with van der Waals surface area (Å²) in [5.41, 5.74) is 7.45. The highest BCUT2D eigenvalue weighted by Gasteiger charge is 2.45. The summed E-state index contributed by atoms with van der Waals surface area (Å²) in [5, 5.41) is 5.63. The molecule has 1 aliphatic carbocycles. The van der Waals surface area contributed by atoms with Crippen LogP contribution in [-0.2, 0) is 12.5 Å². The molecule has 0 bridgehead atoms. The Morgan fingerprint density at radius 1 is 1.20 bits per heavy atom. The fourth-order valence-electron chi connectivity index (χ4n) is 3.24.